The normalized spacial score (nSPS) is 10.8. The van der Waals surface area contributed by atoms with E-state index < -0.39 is 35.3 Å². The van der Waals surface area contributed by atoms with E-state index in [1.165, 1.54) is 0 Å². The second-order valence-electron chi connectivity index (χ2n) is 9.24. The third kappa shape index (κ3) is 14.1. The number of nitrogens with zero attached hydrogens (tertiary/aromatic N) is 3. The summed E-state index contributed by atoms with van der Waals surface area (Å²) in [4.78, 5) is 70.7. The molecule has 3 amide bonds. The standard InChI is InChI=1S/C24H42N6O9/c31-19(32)25-13-7-1-4-10-16-28-22(37)29(17-11-5-2-8-14-26-20(33)34)24(39)30(23(28)38)18-12-6-3-9-15-27-21(35)36/h25-27H,1-18H2,(H,31,32)(H,33,34)(H,35,36). The SMILES string of the molecule is O=C(O)NCCCCCCn1c(=O)n(CCCCCCNC(=O)O)c(=O)n(CCCCCCNC(=O)O)c1=O. The van der Waals surface area contributed by atoms with Gasteiger partial charge in [-0.15, -0.1) is 0 Å². The third-order valence-electron chi connectivity index (χ3n) is 6.14. The van der Waals surface area contributed by atoms with Crippen molar-refractivity contribution in [1.29, 1.82) is 0 Å². The lowest BCUT2D eigenvalue weighted by atomic mass is 10.2. The number of unbranched alkanes of at least 4 members (excludes halogenated alkanes) is 9. The van der Waals surface area contributed by atoms with Crippen LogP contribution >= 0.6 is 0 Å². The summed E-state index contributed by atoms with van der Waals surface area (Å²) in [7, 11) is 0. The Kier molecular flexibility index (Phi) is 16.5. The molecule has 0 unspecified atom stereocenters. The number of carbonyl (C=O) groups is 3. The Morgan fingerprint density at radius 2 is 0.667 bits per heavy atom. The first kappa shape index (κ1) is 33.2. The zero-order valence-electron chi connectivity index (χ0n) is 22.4. The fraction of sp³-hybridized carbons (Fsp3) is 0.750. The average molecular weight is 559 g/mol. The van der Waals surface area contributed by atoms with Crippen LogP contribution in [0.25, 0.3) is 0 Å². The van der Waals surface area contributed by atoms with E-state index in [4.69, 9.17) is 15.3 Å². The van der Waals surface area contributed by atoms with Crippen LogP contribution in [-0.2, 0) is 19.6 Å². The van der Waals surface area contributed by atoms with Gasteiger partial charge in [-0.1, -0.05) is 38.5 Å². The van der Waals surface area contributed by atoms with Crippen molar-refractivity contribution in [3.8, 4) is 0 Å². The van der Waals surface area contributed by atoms with Gasteiger partial charge in [0.1, 0.15) is 0 Å². The molecule has 0 fully saturated rings. The van der Waals surface area contributed by atoms with E-state index in [1.807, 2.05) is 0 Å². The van der Waals surface area contributed by atoms with E-state index >= 15 is 0 Å². The Hall–Kier alpha value is -3.78. The van der Waals surface area contributed by atoms with Crippen molar-refractivity contribution in [2.45, 2.75) is 96.7 Å². The van der Waals surface area contributed by atoms with Gasteiger partial charge in [0.25, 0.3) is 0 Å². The van der Waals surface area contributed by atoms with Crippen LogP contribution in [-0.4, -0.2) is 66.9 Å². The molecule has 15 nitrogen and oxygen atoms in total. The molecule has 6 N–H and O–H groups in total. The number of aromatic nitrogens is 3. The van der Waals surface area contributed by atoms with E-state index in [0.717, 1.165) is 33.0 Å². The minimum absolute atomic E-state index is 0.145. The molecule has 222 valence electrons. The first-order valence-electron chi connectivity index (χ1n) is 13.5. The number of hydrogen-bond acceptors (Lipinski definition) is 6. The summed E-state index contributed by atoms with van der Waals surface area (Å²) in [6, 6.07) is 0. The van der Waals surface area contributed by atoms with Crippen LogP contribution in [0.5, 0.6) is 0 Å². The highest BCUT2D eigenvalue weighted by atomic mass is 16.4. The molecule has 0 spiro atoms. The van der Waals surface area contributed by atoms with Crippen molar-refractivity contribution in [2.24, 2.45) is 0 Å². The molecule has 0 aromatic carbocycles. The van der Waals surface area contributed by atoms with Crippen molar-refractivity contribution in [1.82, 2.24) is 29.7 Å². The zero-order valence-corrected chi connectivity index (χ0v) is 22.4. The molecule has 1 rings (SSSR count). The van der Waals surface area contributed by atoms with Crippen LogP contribution in [0.3, 0.4) is 0 Å². The lowest BCUT2D eigenvalue weighted by Gasteiger charge is -2.14. The summed E-state index contributed by atoms with van der Waals surface area (Å²) < 4.78 is 3.26. The predicted molar refractivity (Wildman–Crippen MR) is 143 cm³/mol. The van der Waals surface area contributed by atoms with Crippen LogP contribution in [0, 0.1) is 0 Å². The minimum Gasteiger partial charge on any atom is -0.465 e. The third-order valence-corrected chi connectivity index (χ3v) is 6.14. The van der Waals surface area contributed by atoms with Gasteiger partial charge < -0.3 is 31.3 Å². The van der Waals surface area contributed by atoms with Gasteiger partial charge in [-0.3, -0.25) is 0 Å². The Labute approximate surface area is 225 Å². The number of hydrogen-bond donors (Lipinski definition) is 6. The summed E-state index contributed by atoms with van der Waals surface area (Å²) >= 11 is 0. The lowest BCUT2D eigenvalue weighted by molar-refractivity contribution is 0.193. The van der Waals surface area contributed by atoms with Gasteiger partial charge in [0.05, 0.1) is 0 Å². The van der Waals surface area contributed by atoms with Crippen molar-refractivity contribution in [3.05, 3.63) is 31.5 Å². The Morgan fingerprint density at radius 3 is 0.897 bits per heavy atom. The topological polar surface area (TPSA) is 214 Å². The summed E-state index contributed by atoms with van der Waals surface area (Å²) in [5.74, 6) is 0. The monoisotopic (exact) mass is 558 g/mol. The lowest BCUT2D eigenvalue weighted by Crippen LogP contribution is -2.54. The van der Waals surface area contributed by atoms with E-state index in [0.29, 0.717) is 77.4 Å². The van der Waals surface area contributed by atoms with Gasteiger partial charge in [-0.2, -0.15) is 0 Å². The molecule has 0 atom stereocenters. The smallest absolute Gasteiger partial charge is 0.404 e. The highest BCUT2D eigenvalue weighted by molar-refractivity contribution is 5.64. The van der Waals surface area contributed by atoms with Crippen LogP contribution < -0.4 is 33.0 Å². The van der Waals surface area contributed by atoms with Crippen LogP contribution in [0.15, 0.2) is 14.4 Å². The quantitative estimate of drug-likeness (QED) is 0.121. The van der Waals surface area contributed by atoms with Gasteiger partial charge in [0, 0.05) is 39.3 Å². The molecular weight excluding hydrogens is 516 g/mol. The molecule has 1 aromatic rings. The molecule has 0 saturated heterocycles. The van der Waals surface area contributed by atoms with Crippen LogP contribution in [0.4, 0.5) is 14.4 Å². The van der Waals surface area contributed by atoms with Gasteiger partial charge >= 0.3 is 35.3 Å². The Bertz CT molecular complexity index is 916. The van der Waals surface area contributed by atoms with E-state index in [2.05, 4.69) is 16.0 Å². The molecular formula is C24H42N6O9. The number of nitrogens with one attached hydrogen (secondary N) is 3. The Balaban J connectivity index is 2.81. The largest absolute Gasteiger partial charge is 0.465 e. The van der Waals surface area contributed by atoms with Gasteiger partial charge in [-0.25, -0.2) is 42.5 Å². The summed E-state index contributed by atoms with van der Waals surface area (Å²) in [5.41, 5.74) is -1.96. The molecule has 0 bridgehead atoms. The molecule has 0 aliphatic rings. The van der Waals surface area contributed by atoms with Crippen molar-refractivity contribution < 1.29 is 29.7 Å². The Morgan fingerprint density at radius 1 is 0.436 bits per heavy atom. The van der Waals surface area contributed by atoms with Crippen LogP contribution in [0.1, 0.15) is 77.0 Å². The number of rotatable bonds is 21. The summed E-state index contributed by atoms with van der Waals surface area (Å²) in [6.45, 7) is 1.41. The second-order valence-corrected chi connectivity index (χ2v) is 9.24. The fourth-order valence-corrected chi connectivity index (χ4v) is 4.09. The predicted octanol–water partition coefficient (Wildman–Crippen LogP) is 1.66. The van der Waals surface area contributed by atoms with Crippen molar-refractivity contribution >= 4 is 18.3 Å². The maximum absolute atomic E-state index is 13.1. The highest BCUT2D eigenvalue weighted by Crippen LogP contribution is 2.03. The first-order valence-corrected chi connectivity index (χ1v) is 13.5. The van der Waals surface area contributed by atoms with Gasteiger partial charge in [-0.05, 0) is 38.5 Å². The summed E-state index contributed by atoms with van der Waals surface area (Å²) in [5, 5.41) is 32.7. The average Bonchev–Trinajstić information content (AvgIpc) is 2.86. The van der Waals surface area contributed by atoms with Crippen LogP contribution in [0.2, 0.25) is 0 Å². The number of amides is 3. The molecule has 0 saturated carbocycles. The molecule has 15 heteroatoms. The minimum atomic E-state index is -1.08. The van der Waals surface area contributed by atoms with Gasteiger partial charge in [0.2, 0.25) is 0 Å². The highest BCUT2D eigenvalue weighted by Gasteiger charge is 2.15. The van der Waals surface area contributed by atoms with Crippen molar-refractivity contribution in [2.75, 3.05) is 19.6 Å². The van der Waals surface area contributed by atoms with E-state index in [1.54, 1.807) is 0 Å². The zero-order chi connectivity index (χ0) is 29.0. The van der Waals surface area contributed by atoms with Gasteiger partial charge in [0.15, 0.2) is 0 Å². The molecule has 1 aromatic heterocycles. The maximum atomic E-state index is 13.1. The summed E-state index contributed by atoms with van der Waals surface area (Å²) in [6.07, 6.45) is 4.41. The molecule has 0 aliphatic carbocycles. The first-order chi connectivity index (χ1) is 18.6. The van der Waals surface area contributed by atoms with Crippen molar-refractivity contribution in [3.63, 3.8) is 0 Å². The van der Waals surface area contributed by atoms with E-state index in [9.17, 15) is 28.8 Å². The molecule has 0 aliphatic heterocycles. The fourth-order valence-electron chi connectivity index (χ4n) is 4.09. The maximum Gasteiger partial charge on any atom is 0.404 e. The molecule has 39 heavy (non-hydrogen) atoms. The molecule has 0 radical (unpaired) electrons. The number of carboxylic acid groups (broad SMARTS) is 3. The van der Waals surface area contributed by atoms with E-state index in [-0.39, 0.29) is 19.6 Å². The molecule has 1 heterocycles. The second kappa shape index (κ2) is 19.3.